The van der Waals surface area contributed by atoms with Gasteiger partial charge in [-0.25, -0.2) is 0 Å². The number of pyridine rings is 1. The number of benzene rings is 1. The van der Waals surface area contributed by atoms with Gasteiger partial charge in [0.1, 0.15) is 5.75 Å². The summed E-state index contributed by atoms with van der Waals surface area (Å²) >= 11 is 0. The lowest BCUT2D eigenvalue weighted by molar-refractivity contribution is 0.270. The van der Waals surface area contributed by atoms with Gasteiger partial charge in [0.15, 0.2) is 0 Å². The monoisotopic (exact) mass is 282 g/mol. The summed E-state index contributed by atoms with van der Waals surface area (Å²) in [5.74, 6) is 1.61. The van der Waals surface area contributed by atoms with Crippen molar-refractivity contribution in [3.63, 3.8) is 0 Å². The van der Waals surface area contributed by atoms with Crippen LogP contribution >= 0.6 is 0 Å². The zero-order chi connectivity index (χ0) is 14.7. The fourth-order valence-electron chi connectivity index (χ4n) is 3.02. The van der Waals surface area contributed by atoms with Gasteiger partial charge >= 0.3 is 0 Å². The number of nitrogens with one attached hydrogen (secondary N) is 1. The van der Waals surface area contributed by atoms with E-state index in [1.165, 1.54) is 24.0 Å². The van der Waals surface area contributed by atoms with Crippen molar-refractivity contribution in [1.29, 1.82) is 0 Å². The normalized spacial score (nSPS) is 22.4. The lowest BCUT2D eigenvalue weighted by atomic mass is 9.75. The maximum absolute atomic E-state index is 5.30. The number of nitrogens with zero attached hydrogens (tertiary/aromatic N) is 1. The Morgan fingerprint density at radius 1 is 1.19 bits per heavy atom. The molecular weight excluding hydrogens is 260 g/mol. The van der Waals surface area contributed by atoms with Crippen molar-refractivity contribution in [2.45, 2.75) is 37.8 Å². The van der Waals surface area contributed by atoms with Gasteiger partial charge in [0, 0.05) is 24.5 Å². The van der Waals surface area contributed by atoms with Crippen LogP contribution in [0.1, 0.15) is 42.9 Å². The molecule has 1 aromatic carbocycles. The van der Waals surface area contributed by atoms with Crippen LogP contribution in [0, 0.1) is 0 Å². The summed E-state index contributed by atoms with van der Waals surface area (Å²) in [4.78, 5) is 4.07. The summed E-state index contributed by atoms with van der Waals surface area (Å²) in [6.07, 6.45) is 6.10. The summed E-state index contributed by atoms with van der Waals surface area (Å²) in [5.41, 5.74) is 2.69. The molecule has 0 saturated heterocycles. The van der Waals surface area contributed by atoms with E-state index in [1.54, 1.807) is 7.11 Å². The first-order chi connectivity index (χ1) is 10.3. The highest BCUT2D eigenvalue weighted by Crippen LogP contribution is 2.38. The Labute approximate surface area is 126 Å². The largest absolute Gasteiger partial charge is 0.497 e. The van der Waals surface area contributed by atoms with Gasteiger partial charge in [0.25, 0.3) is 0 Å². The van der Waals surface area contributed by atoms with Gasteiger partial charge in [-0.05, 0) is 61.1 Å². The Bertz CT molecular complexity index is 579. The van der Waals surface area contributed by atoms with E-state index >= 15 is 0 Å². The van der Waals surface area contributed by atoms with Crippen LogP contribution in [0.25, 0.3) is 0 Å². The second kappa shape index (κ2) is 6.27. The van der Waals surface area contributed by atoms with E-state index in [0.29, 0.717) is 18.0 Å². The number of hydrogen-bond donors (Lipinski definition) is 1. The lowest BCUT2D eigenvalue weighted by Gasteiger charge is -2.38. The quantitative estimate of drug-likeness (QED) is 0.908. The maximum Gasteiger partial charge on any atom is 0.119 e. The molecule has 0 spiro atoms. The van der Waals surface area contributed by atoms with Gasteiger partial charge in [0.2, 0.25) is 0 Å². The Kier molecular flexibility index (Phi) is 4.20. The SMILES string of the molecule is COc1cccc(C2CC(N[C@H](C)c3ccncc3)C2)c1. The zero-order valence-electron chi connectivity index (χ0n) is 12.6. The molecule has 2 aromatic rings. The van der Waals surface area contributed by atoms with E-state index in [-0.39, 0.29) is 0 Å². The van der Waals surface area contributed by atoms with Gasteiger partial charge < -0.3 is 10.1 Å². The second-order valence-corrected chi connectivity index (χ2v) is 5.81. The third-order valence-electron chi connectivity index (χ3n) is 4.40. The minimum absolute atomic E-state index is 0.379. The third kappa shape index (κ3) is 3.24. The van der Waals surface area contributed by atoms with E-state index in [2.05, 4.69) is 47.6 Å². The molecule has 1 atom stereocenters. The van der Waals surface area contributed by atoms with Crippen molar-refractivity contribution in [2.75, 3.05) is 7.11 Å². The van der Waals surface area contributed by atoms with Gasteiger partial charge in [-0.15, -0.1) is 0 Å². The van der Waals surface area contributed by atoms with Crippen molar-refractivity contribution < 1.29 is 4.74 Å². The standard InChI is InChI=1S/C18H22N2O/c1-13(14-6-8-19-9-7-14)20-17-10-16(11-17)15-4-3-5-18(12-15)21-2/h3-9,12-13,16-17,20H,10-11H2,1-2H3/t13-,16?,17?/m1/s1. The van der Waals surface area contributed by atoms with E-state index in [0.717, 1.165) is 5.75 Å². The predicted molar refractivity (Wildman–Crippen MR) is 84.5 cm³/mol. The predicted octanol–water partition coefficient (Wildman–Crippen LogP) is 3.69. The summed E-state index contributed by atoms with van der Waals surface area (Å²) < 4.78 is 5.30. The van der Waals surface area contributed by atoms with Crippen molar-refractivity contribution in [3.8, 4) is 5.75 Å². The molecule has 21 heavy (non-hydrogen) atoms. The Morgan fingerprint density at radius 2 is 1.95 bits per heavy atom. The van der Waals surface area contributed by atoms with E-state index < -0.39 is 0 Å². The Balaban J connectivity index is 1.54. The number of aromatic nitrogens is 1. The molecule has 0 aliphatic heterocycles. The molecule has 0 amide bonds. The van der Waals surface area contributed by atoms with Crippen LogP contribution in [0.5, 0.6) is 5.75 Å². The molecule has 0 unspecified atom stereocenters. The topological polar surface area (TPSA) is 34.1 Å². The summed E-state index contributed by atoms with van der Waals surface area (Å²) in [6.45, 7) is 2.22. The van der Waals surface area contributed by atoms with Crippen LogP contribution in [0.4, 0.5) is 0 Å². The molecule has 1 saturated carbocycles. The second-order valence-electron chi connectivity index (χ2n) is 5.81. The van der Waals surface area contributed by atoms with Crippen molar-refractivity contribution in [3.05, 3.63) is 59.9 Å². The lowest BCUT2D eigenvalue weighted by Crippen LogP contribution is -2.41. The van der Waals surface area contributed by atoms with Gasteiger partial charge in [0.05, 0.1) is 7.11 Å². The first-order valence-electron chi connectivity index (χ1n) is 7.56. The molecule has 3 rings (SSSR count). The molecule has 1 N–H and O–H groups in total. The first-order valence-corrected chi connectivity index (χ1v) is 7.56. The molecule has 110 valence electrons. The van der Waals surface area contributed by atoms with Crippen LogP contribution in [-0.2, 0) is 0 Å². The molecule has 0 radical (unpaired) electrons. The molecule has 0 bridgehead atoms. The third-order valence-corrected chi connectivity index (χ3v) is 4.40. The summed E-state index contributed by atoms with van der Waals surface area (Å²) in [7, 11) is 1.72. The number of ether oxygens (including phenoxy) is 1. The van der Waals surface area contributed by atoms with E-state index in [4.69, 9.17) is 4.74 Å². The molecule has 3 heteroatoms. The van der Waals surface area contributed by atoms with Gasteiger partial charge in [-0.3, -0.25) is 4.98 Å². The van der Waals surface area contributed by atoms with Crippen LogP contribution in [0.3, 0.4) is 0 Å². The van der Waals surface area contributed by atoms with Crippen molar-refractivity contribution in [1.82, 2.24) is 10.3 Å². The smallest absolute Gasteiger partial charge is 0.119 e. The van der Waals surface area contributed by atoms with Crippen LogP contribution in [0.15, 0.2) is 48.8 Å². The fraction of sp³-hybridized carbons (Fsp3) is 0.389. The minimum atomic E-state index is 0.379. The molecule has 1 fully saturated rings. The minimum Gasteiger partial charge on any atom is -0.497 e. The molecule has 1 aliphatic rings. The van der Waals surface area contributed by atoms with Gasteiger partial charge in [-0.1, -0.05) is 12.1 Å². The van der Waals surface area contributed by atoms with E-state index in [9.17, 15) is 0 Å². The summed E-state index contributed by atoms with van der Waals surface area (Å²) in [6, 6.07) is 13.6. The first kappa shape index (κ1) is 14.1. The Hall–Kier alpha value is -1.87. The average molecular weight is 282 g/mol. The van der Waals surface area contributed by atoms with E-state index in [1.807, 2.05) is 18.5 Å². The molecule has 1 aromatic heterocycles. The highest BCUT2D eigenvalue weighted by Gasteiger charge is 2.31. The van der Waals surface area contributed by atoms with Crippen molar-refractivity contribution >= 4 is 0 Å². The number of hydrogen-bond acceptors (Lipinski definition) is 3. The highest BCUT2D eigenvalue weighted by molar-refractivity contribution is 5.32. The van der Waals surface area contributed by atoms with Crippen LogP contribution in [-0.4, -0.2) is 18.1 Å². The average Bonchev–Trinajstić information content (AvgIpc) is 2.51. The number of rotatable bonds is 5. The highest BCUT2D eigenvalue weighted by atomic mass is 16.5. The van der Waals surface area contributed by atoms with Crippen molar-refractivity contribution in [2.24, 2.45) is 0 Å². The molecule has 1 aliphatic carbocycles. The Morgan fingerprint density at radius 3 is 2.67 bits per heavy atom. The molecule has 3 nitrogen and oxygen atoms in total. The fourth-order valence-corrected chi connectivity index (χ4v) is 3.02. The van der Waals surface area contributed by atoms with Crippen LogP contribution in [0.2, 0.25) is 0 Å². The molecular formula is C18H22N2O. The summed E-state index contributed by atoms with van der Waals surface area (Å²) in [5, 5.41) is 3.70. The van der Waals surface area contributed by atoms with Crippen LogP contribution < -0.4 is 10.1 Å². The maximum atomic E-state index is 5.30. The van der Waals surface area contributed by atoms with Gasteiger partial charge in [-0.2, -0.15) is 0 Å². The molecule has 1 heterocycles. The number of methoxy groups -OCH3 is 1. The zero-order valence-corrected chi connectivity index (χ0v) is 12.6.